The van der Waals surface area contributed by atoms with Crippen LogP contribution in [-0.2, 0) is 6.54 Å². The topological polar surface area (TPSA) is 23.5 Å². The molecule has 1 rings (SSSR count). The highest BCUT2D eigenvalue weighted by atomic mass is 32.2. The van der Waals surface area contributed by atoms with E-state index < -0.39 is 0 Å². The first kappa shape index (κ1) is 12.6. The van der Waals surface area contributed by atoms with Crippen molar-refractivity contribution in [2.45, 2.75) is 18.4 Å². The molecule has 0 unspecified atom stereocenters. The van der Waals surface area contributed by atoms with Crippen molar-refractivity contribution in [1.29, 1.82) is 0 Å². The van der Waals surface area contributed by atoms with Crippen LogP contribution < -0.4 is 0 Å². The summed E-state index contributed by atoms with van der Waals surface area (Å²) in [6, 6.07) is 8.64. The van der Waals surface area contributed by atoms with E-state index in [9.17, 15) is 0 Å². The molecule has 0 spiro atoms. The van der Waals surface area contributed by atoms with Gasteiger partial charge in [0.1, 0.15) is 0 Å². The zero-order chi connectivity index (χ0) is 11.1. The zero-order valence-electron chi connectivity index (χ0n) is 9.44. The largest absolute Gasteiger partial charge is 0.395 e. The van der Waals surface area contributed by atoms with E-state index in [-0.39, 0.29) is 6.61 Å². The zero-order valence-corrected chi connectivity index (χ0v) is 10.3. The molecule has 84 valence electrons. The number of rotatable bonds is 6. The predicted molar refractivity (Wildman–Crippen MR) is 66.3 cm³/mol. The summed E-state index contributed by atoms with van der Waals surface area (Å²) < 4.78 is 0. The molecule has 1 N–H and O–H groups in total. The fourth-order valence-electron chi connectivity index (χ4n) is 1.42. The Morgan fingerprint density at radius 2 is 1.93 bits per heavy atom. The van der Waals surface area contributed by atoms with Gasteiger partial charge < -0.3 is 5.11 Å². The van der Waals surface area contributed by atoms with Crippen molar-refractivity contribution in [2.24, 2.45) is 0 Å². The first-order valence-corrected chi connectivity index (χ1v) is 6.26. The Kier molecular flexibility index (Phi) is 5.76. The Balaban J connectivity index is 2.48. The molecule has 0 aromatic heterocycles. The minimum Gasteiger partial charge on any atom is -0.395 e. The Morgan fingerprint density at radius 1 is 1.27 bits per heavy atom. The monoisotopic (exact) mass is 225 g/mol. The lowest BCUT2D eigenvalue weighted by molar-refractivity contribution is 0.217. The van der Waals surface area contributed by atoms with Gasteiger partial charge in [0.15, 0.2) is 0 Å². The second-order valence-electron chi connectivity index (χ2n) is 3.54. The maximum Gasteiger partial charge on any atom is 0.0558 e. The average Bonchev–Trinajstić information content (AvgIpc) is 2.22. The van der Waals surface area contributed by atoms with Gasteiger partial charge in [-0.2, -0.15) is 0 Å². The maximum absolute atomic E-state index is 8.78. The van der Waals surface area contributed by atoms with Gasteiger partial charge in [0, 0.05) is 18.0 Å². The molecule has 0 amide bonds. The molecular weight excluding hydrogens is 206 g/mol. The van der Waals surface area contributed by atoms with E-state index in [1.807, 2.05) is 18.8 Å². The van der Waals surface area contributed by atoms with E-state index in [1.54, 1.807) is 0 Å². The molecule has 2 nitrogen and oxygen atoms in total. The molecule has 0 aliphatic rings. The van der Waals surface area contributed by atoms with Crippen LogP contribution in [0.5, 0.6) is 0 Å². The summed E-state index contributed by atoms with van der Waals surface area (Å²) in [6.45, 7) is 4.01. The standard InChI is InChI=1S/C12H19NOS/c1-3-15-12-6-4-11(5-7-12)10-13(2)8-9-14/h4-7,14H,3,8-10H2,1-2H3. The van der Waals surface area contributed by atoms with Gasteiger partial charge in [-0.25, -0.2) is 0 Å². The minimum atomic E-state index is 0.222. The van der Waals surface area contributed by atoms with Crippen LogP contribution in [0.2, 0.25) is 0 Å². The number of hydrogen-bond acceptors (Lipinski definition) is 3. The molecule has 3 heteroatoms. The van der Waals surface area contributed by atoms with Crippen molar-refractivity contribution in [3.05, 3.63) is 29.8 Å². The third-order valence-electron chi connectivity index (χ3n) is 2.17. The van der Waals surface area contributed by atoms with Crippen LogP contribution in [0, 0.1) is 0 Å². The molecule has 0 aliphatic heterocycles. The van der Waals surface area contributed by atoms with Gasteiger partial charge in [-0.1, -0.05) is 19.1 Å². The molecule has 0 bridgehead atoms. The van der Waals surface area contributed by atoms with E-state index in [2.05, 4.69) is 36.1 Å². The smallest absolute Gasteiger partial charge is 0.0558 e. The molecule has 0 atom stereocenters. The highest BCUT2D eigenvalue weighted by Crippen LogP contribution is 2.18. The average molecular weight is 225 g/mol. The van der Waals surface area contributed by atoms with Gasteiger partial charge >= 0.3 is 0 Å². The Labute approximate surface area is 96.3 Å². The van der Waals surface area contributed by atoms with Crippen molar-refractivity contribution in [3.63, 3.8) is 0 Å². The van der Waals surface area contributed by atoms with E-state index in [0.29, 0.717) is 0 Å². The first-order valence-electron chi connectivity index (χ1n) is 5.27. The van der Waals surface area contributed by atoms with Crippen molar-refractivity contribution in [3.8, 4) is 0 Å². The molecular formula is C12H19NOS. The lowest BCUT2D eigenvalue weighted by Gasteiger charge is -2.15. The summed E-state index contributed by atoms with van der Waals surface area (Å²) in [7, 11) is 2.02. The number of aliphatic hydroxyl groups is 1. The summed E-state index contributed by atoms with van der Waals surface area (Å²) in [4.78, 5) is 3.44. The van der Waals surface area contributed by atoms with Crippen LogP contribution in [0.4, 0.5) is 0 Å². The van der Waals surface area contributed by atoms with E-state index >= 15 is 0 Å². The van der Waals surface area contributed by atoms with E-state index in [4.69, 9.17) is 5.11 Å². The number of benzene rings is 1. The van der Waals surface area contributed by atoms with Crippen LogP contribution >= 0.6 is 11.8 Å². The summed E-state index contributed by atoms with van der Waals surface area (Å²) in [5.41, 5.74) is 1.30. The quantitative estimate of drug-likeness (QED) is 0.751. The van der Waals surface area contributed by atoms with Crippen molar-refractivity contribution in [1.82, 2.24) is 4.90 Å². The maximum atomic E-state index is 8.78. The van der Waals surface area contributed by atoms with Crippen LogP contribution in [0.1, 0.15) is 12.5 Å². The van der Waals surface area contributed by atoms with Gasteiger partial charge in [0.2, 0.25) is 0 Å². The normalized spacial score (nSPS) is 10.9. The van der Waals surface area contributed by atoms with Crippen molar-refractivity contribution in [2.75, 3.05) is 26.0 Å². The van der Waals surface area contributed by atoms with Gasteiger partial charge in [0.25, 0.3) is 0 Å². The number of hydrogen-bond donors (Lipinski definition) is 1. The molecule has 0 saturated carbocycles. The Bertz CT molecular complexity index is 273. The third-order valence-corrected chi connectivity index (χ3v) is 3.06. The fraction of sp³-hybridized carbons (Fsp3) is 0.500. The predicted octanol–water partition coefficient (Wildman–Crippen LogP) is 2.22. The van der Waals surface area contributed by atoms with Crippen LogP contribution in [0.25, 0.3) is 0 Å². The van der Waals surface area contributed by atoms with E-state index in [1.165, 1.54) is 10.5 Å². The molecule has 0 fully saturated rings. The summed E-state index contributed by atoms with van der Waals surface area (Å²) in [6.07, 6.45) is 0. The van der Waals surface area contributed by atoms with Gasteiger partial charge in [-0.05, 0) is 30.5 Å². The van der Waals surface area contributed by atoms with Gasteiger partial charge in [0.05, 0.1) is 6.61 Å². The highest BCUT2D eigenvalue weighted by Gasteiger charge is 1.99. The lowest BCUT2D eigenvalue weighted by Crippen LogP contribution is -2.21. The SMILES string of the molecule is CCSc1ccc(CN(C)CCO)cc1. The van der Waals surface area contributed by atoms with Gasteiger partial charge in [-0.15, -0.1) is 11.8 Å². The van der Waals surface area contributed by atoms with Crippen molar-refractivity contribution >= 4 is 11.8 Å². The van der Waals surface area contributed by atoms with Gasteiger partial charge in [-0.3, -0.25) is 4.90 Å². The molecule has 0 saturated heterocycles. The molecule has 0 heterocycles. The highest BCUT2D eigenvalue weighted by molar-refractivity contribution is 7.99. The Morgan fingerprint density at radius 3 is 2.47 bits per heavy atom. The first-order chi connectivity index (χ1) is 7.26. The van der Waals surface area contributed by atoms with E-state index in [0.717, 1.165) is 18.8 Å². The summed E-state index contributed by atoms with van der Waals surface area (Å²) in [5.74, 6) is 1.11. The van der Waals surface area contributed by atoms with Crippen molar-refractivity contribution < 1.29 is 5.11 Å². The summed E-state index contributed by atoms with van der Waals surface area (Å²) in [5, 5.41) is 8.78. The van der Waals surface area contributed by atoms with Crippen LogP contribution in [-0.4, -0.2) is 36.0 Å². The molecule has 15 heavy (non-hydrogen) atoms. The molecule has 0 radical (unpaired) electrons. The van der Waals surface area contributed by atoms with Crippen LogP contribution in [0.15, 0.2) is 29.2 Å². The fourth-order valence-corrected chi connectivity index (χ4v) is 2.08. The Hall–Kier alpha value is -0.510. The number of aliphatic hydroxyl groups excluding tert-OH is 1. The third kappa shape index (κ3) is 4.69. The second-order valence-corrected chi connectivity index (χ2v) is 4.88. The second kappa shape index (κ2) is 6.88. The number of thioether (sulfide) groups is 1. The number of likely N-dealkylation sites (N-methyl/N-ethyl adjacent to an activating group) is 1. The summed E-state index contributed by atoms with van der Waals surface area (Å²) >= 11 is 1.86. The lowest BCUT2D eigenvalue weighted by atomic mass is 10.2. The molecule has 0 aliphatic carbocycles. The molecule has 1 aromatic carbocycles. The number of nitrogens with zero attached hydrogens (tertiary/aromatic N) is 1. The van der Waals surface area contributed by atoms with Crippen LogP contribution in [0.3, 0.4) is 0 Å². The minimum absolute atomic E-state index is 0.222. The molecule has 1 aromatic rings.